The van der Waals surface area contributed by atoms with Gasteiger partial charge in [-0.25, -0.2) is 9.78 Å². The molecule has 1 saturated heterocycles. The van der Waals surface area contributed by atoms with Crippen molar-refractivity contribution in [1.29, 1.82) is 0 Å². The highest BCUT2D eigenvalue weighted by molar-refractivity contribution is 6.39. The number of carbonyl (C=O) groups excluding carboxylic acids is 1. The van der Waals surface area contributed by atoms with Gasteiger partial charge < -0.3 is 20.6 Å². The number of amides is 1. The summed E-state index contributed by atoms with van der Waals surface area (Å²) in [6, 6.07) is 8.05. The van der Waals surface area contributed by atoms with Crippen molar-refractivity contribution in [3.63, 3.8) is 0 Å². The third-order valence-electron chi connectivity index (χ3n) is 6.32. The Morgan fingerprint density at radius 3 is 2.70 bits per heavy atom. The van der Waals surface area contributed by atoms with Gasteiger partial charge in [0.25, 0.3) is 5.91 Å². The Morgan fingerprint density at radius 1 is 1.21 bits per heavy atom. The van der Waals surface area contributed by atoms with Gasteiger partial charge in [-0.2, -0.15) is 0 Å². The lowest BCUT2D eigenvalue weighted by Gasteiger charge is -2.40. The van der Waals surface area contributed by atoms with Crippen LogP contribution < -0.4 is 10.6 Å². The number of anilines is 1. The van der Waals surface area contributed by atoms with Gasteiger partial charge in [0.2, 0.25) is 0 Å². The van der Waals surface area contributed by atoms with E-state index in [4.69, 9.17) is 28.2 Å². The molecule has 2 aliphatic heterocycles. The van der Waals surface area contributed by atoms with E-state index in [0.29, 0.717) is 18.9 Å². The molecule has 3 N–H and O–H groups in total. The van der Waals surface area contributed by atoms with Gasteiger partial charge in [-0.15, -0.1) is 0 Å². The summed E-state index contributed by atoms with van der Waals surface area (Å²) in [6.07, 6.45) is 4.57. The first-order chi connectivity index (χ1) is 15.9. The number of fused-ring (bicyclic) bond motifs is 1. The summed E-state index contributed by atoms with van der Waals surface area (Å²) in [6.45, 7) is 3.45. The van der Waals surface area contributed by atoms with Crippen molar-refractivity contribution >= 4 is 40.9 Å². The number of hydrogen-bond donors (Lipinski definition) is 3. The lowest BCUT2D eigenvalue weighted by atomic mass is 9.93. The Morgan fingerprint density at radius 2 is 1.97 bits per heavy atom. The zero-order valence-electron chi connectivity index (χ0n) is 18.3. The van der Waals surface area contributed by atoms with Crippen LogP contribution in [0.5, 0.6) is 0 Å². The van der Waals surface area contributed by atoms with E-state index in [2.05, 4.69) is 27.7 Å². The van der Waals surface area contributed by atoms with Gasteiger partial charge in [-0.3, -0.25) is 4.79 Å². The average molecular weight is 491 g/mol. The van der Waals surface area contributed by atoms with E-state index >= 15 is 0 Å². The maximum absolute atomic E-state index is 12.5. The summed E-state index contributed by atoms with van der Waals surface area (Å²) in [5.74, 6) is -0.0355. The predicted octanol–water partition coefficient (Wildman–Crippen LogP) is 3.88. The third-order valence-corrected chi connectivity index (χ3v) is 6.95. The number of aliphatic carboxylic acids is 1. The first kappa shape index (κ1) is 23.8. The number of carbonyl (C=O) groups is 2. The molecule has 7 nitrogen and oxygen atoms in total. The molecule has 0 bridgehead atoms. The molecular weight excluding hydrogens is 463 g/mol. The number of carboxylic acid groups (broad SMARTS) is 1. The van der Waals surface area contributed by atoms with Gasteiger partial charge in [0, 0.05) is 31.9 Å². The molecule has 1 aromatic carbocycles. The van der Waals surface area contributed by atoms with Crippen LogP contribution in [0.25, 0.3) is 0 Å². The summed E-state index contributed by atoms with van der Waals surface area (Å²) in [7, 11) is 0. The Bertz CT molecular complexity index is 1010. The van der Waals surface area contributed by atoms with Crippen molar-refractivity contribution in [3.8, 4) is 0 Å². The molecule has 3 heterocycles. The number of carboxylic acids is 1. The maximum Gasteiger partial charge on any atom is 0.326 e. The molecule has 176 valence electrons. The van der Waals surface area contributed by atoms with Crippen LogP contribution in [0.1, 0.15) is 40.9 Å². The minimum atomic E-state index is -1.07. The summed E-state index contributed by atoms with van der Waals surface area (Å²) < 4.78 is 0. The Hall–Kier alpha value is -2.35. The van der Waals surface area contributed by atoms with Gasteiger partial charge in [0.05, 0.1) is 15.6 Å². The van der Waals surface area contributed by atoms with Crippen LogP contribution in [0.4, 0.5) is 5.82 Å². The predicted molar refractivity (Wildman–Crippen MR) is 129 cm³/mol. The van der Waals surface area contributed by atoms with Gasteiger partial charge in [-0.05, 0) is 61.8 Å². The average Bonchev–Trinajstić information content (AvgIpc) is 2.76. The van der Waals surface area contributed by atoms with Crippen LogP contribution in [-0.2, 0) is 17.6 Å². The standard InChI is InChI=1S/C24H28Cl2N4O3/c25-18-4-1-5-19(26)21(18)23(31)29-20(24(32)33)10-12-30-13-15(14-30)6-8-17-9-7-16-3-2-11-27-22(16)28-17/h1,4-5,7,9,15,20H,2-3,6,8,10-14H2,(H,27,28)(H,29,31)(H,32,33)/t20-/m0/s1. The Balaban J connectivity index is 1.21. The molecule has 1 aromatic heterocycles. The smallest absolute Gasteiger partial charge is 0.326 e. The zero-order valence-corrected chi connectivity index (χ0v) is 19.8. The fourth-order valence-corrected chi connectivity index (χ4v) is 4.99. The maximum atomic E-state index is 12.5. The number of benzene rings is 1. The van der Waals surface area contributed by atoms with E-state index < -0.39 is 17.9 Å². The molecule has 9 heteroatoms. The van der Waals surface area contributed by atoms with Crippen molar-refractivity contribution in [2.24, 2.45) is 5.92 Å². The second kappa shape index (κ2) is 10.7. The molecule has 33 heavy (non-hydrogen) atoms. The molecule has 0 saturated carbocycles. The number of aromatic nitrogens is 1. The largest absolute Gasteiger partial charge is 0.480 e. The highest BCUT2D eigenvalue weighted by Gasteiger charge is 2.29. The fourth-order valence-electron chi connectivity index (χ4n) is 4.42. The number of aryl methyl sites for hydroxylation is 2. The topological polar surface area (TPSA) is 94.6 Å². The number of nitrogens with zero attached hydrogens (tertiary/aromatic N) is 2. The minimum Gasteiger partial charge on any atom is -0.480 e. The number of rotatable bonds is 9. The van der Waals surface area contributed by atoms with Crippen molar-refractivity contribution in [3.05, 3.63) is 57.2 Å². The lowest BCUT2D eigenvalue weighted by Crippen LogP contribution is -2.50. The first-order valence-electron chi connectivity index (χ1n) is 11.3. The molecule has 1 atom stereocenters. The molecule has 2 aromatic rings. The highest BCUT2D eigenvalue weighted by atomic mass is 35.5. The molecule has 4 rings (SSSR count). The molecule has 0 spiro atoms. The quantitative estimate of drug-likeness (QED) is 0.493. The van der Waals surface area contributed by atoms with Crippen molar-refractivity contribution in [2.75, 3.05) is 31.5 Å². The third kappa shape index (κ3) is 5.96. The molecule has 0 radical (unpaired) electrons. The molecule has 1 amide bonds. The molecule has 2 aliphatic rings. The van der Waals surface area contributed by atoms with Crippen molar-refractivity contribution < 1.29 is 14.7 Å². The van der Waals surface area contributed by atoms with Crippen LogP contribution in [0.3, 0.4) is 0 Å². The van der Waals surface area contributed by atoms with E-state index in [-0.39, 0.29) is 15.6 Å². The highest BCUT2D eigenvalue weighted by Crippen LogP contribution is 2.25. The van der Waals surface area contributed by atoms with Crippen LogP contribution >= 0.6 is 23.2 Å². The van der Waals surface area contributed by atoms with E-state index in [1.54, 1.807) is 18.2 Å². The number of halogens is 2. The van der Waals surface area contributed by atoms with E-state index in [1.807, 2.05) is 0 Å². The van der Waals surface area contributed by atoms with Crippen LogP contribution in [-0.4, -0.2) is 59.1 Å². The van der Waals surface area contributed by atoms with Crippen LogP contribution in [0.15, 0.2) is 30.3 Å². The summed E-state index contributed by atoms with van der Waals surface area (Å²) in [4.78, 5) is 31.2. The first-order valence-corrected chi connectivity index (χ1v) is 12.1. The van der Waals surface area contributed by atoms with Crippen molar-refractivity contribution in [2.45, 2.75) is 38.1 Å². The van der Waals surface area contributed by atoms with Gasteiger partial charge in [0.1, 0.15) is 11.9 Å². The van der Waals surface area contributed by atoms with Gasteiger partial charge in [-0.1, -0.05) is 35.3 Å². The minimum absolute atomic E-state index is 0.0992. The SMILES string of the molecule is O=C(N[C@@H](CCN1CC(CCc2ccc3c(n2)NCCC3)C1)C(=O)O)c1c(Cl)cccc1Cl. The fraction of sp³-hybridized carbons (Fsp3) is 0.458. The van der Waals surface area contributed by atoms with Gasteiger partial charge in [0.15, 0.2) is 0 Å². The Kier molecular flexibility index (Phi) is 7.73. The number of pyridine rings is 1. The van der Waals surface area contributed by atoms with E-state index in [9.17, 15) is 14.7 Å². The second-order valence-corrected chi connectivity index (χ2v) is 9.57. The monoisotopic (exact) mass is 490 g/mol. The number of nitrogens with one attached hydrogen (secondary N) is 2. The summed E-state index contributed by atoms with van der Waals surface area (Å²) in [5, 5.41) is 15.9. The molecule has 0 aliphatic carbocycles. The van der Waals surface area contributed by atoms with Crippen LogP contribution in [0.2, 0.25) is 10.0 Å². The second-order valence-electron chi connectivity index (χ2n) is 8.75. The normalized spacial score (nSPS) is 16.9. The number of likely N-dealkylation sites (tertiary alicyclic amines) is 1. The number of hydrogen-bond acceptors (Lipinski definition) is 5. The van der Waals surface area contributed by atoms with Crippen LogP contribution in [0, 0.1) is 5.92 Å². The summed E-state index contributed by atoms with van der Waals surface area (Å²) >= 11 is 12.1. The lowest BCUT2D eigenvalue weighted by molar-refractivity contribution is -0.139. The molecular formula is C24H28Cl2N4O3. The summed E-state index contributed by atoms with van der Waals surface area (Å²) in [5.41, 5.74) is 2.52. The molecule has 0 unspecified atom stereocenters. The molecule has 1 fully saturated rings. The van der Waals surface area contributed by atoms with Gasteiger partial charge >= 0.3 is 5.97 Å². The Labute approximate surface area is 203 Å². The van der Waals surface area contributed by atoms with E-state index in [1.165, 1.54) is 5.56 Å². The van der Waals surface area contributed by atoms with E-state index in [0.717, 1.165) is 56.8 Å². The zero-order chi connectivity index (χ0) is 23.4. The van der Waals surface area contributed by atoms with Crippen molar-refractivity contribution in [1.82, 2.24) is 15.2 Å².